The summed E-state index contributed by atoms with van der Waals surface area (Å²) in [4.78, 5) is 38.0. The molecular formula is C22H26N2O5. The van der Waals surface area contributed by atoms with Gasteiger partial charge >= 0.3 is 5.97 Å². The number of benzene rings is 2. The second-order valence-corrected chi connectivity index (χ2v) is 6.45. The SMILES string of the molecule is CCOc1ccc(C(=O)NCC(=O)O[C@H](C)C(=O)N(C)Cc2ccccc2)cc1. The zero-order valence-corrected chi connectivity index (χ0v) is 16.9. The third-order valence-electron chi connectivity index (χ3n) is 4.12. The molecule has 0 saturated heterocycles. The Kier molecular flexibility index (Phi) is 8.21. The summed E-state index contributed by atoms with van der Waals surface area (Å²) in [6.07, 6.45) is -0.946. The van der Waals surface area contributed by atoms with Gasteiger partial charge in [0.2, 0.25) is 0 Å². The van der Waals surface area contributed by atoms with Gasteiger partial charge in [0.15, 0.2) is 6.10 Å². The molecule has 2 aromatic carbocycles. The Morgan fingerprint density at radius 2 is 1.69 bits per heavy atom. The van der Waals surface area contributed by atoms with Crippen molar-refractivity contribution >= 4 is 17.8 Å². The summed E-state index contributed by atoms with van der Waals surface area (Å²) < 4.78 is 10.5. The van der Waals surface area contributed by atoms with E-state index in [1.54, 1.807) is 31.3 Å². The minimum absolute atomic E-state index is 0.319. The summed E-state index contributed by atoms with van der Waals surface area (Å²) in [5, 5.41) is 2.48. The van der Waals surface area contributed by atoms with Gasteiger partial charge in [-0.3, -0.25) is 14.4 Å². The van der Waals surface area contributed by atoms with Crippen LogP contribution in [0.1, 0.15) is 29.8 Å². The number of likely N-dealkylation sites (N-methyl/N-ethyl adjacent to an activating group) is 1. The van der Waals surface area contributed by atoms with Crippen molar-refractivity contribution in [2.24, 2.45) is 0 Å². The molecule has 0 bridgehead atoms. The number of ether oxygens (including phenoxy) is 2. The Labute approximate surface area is 170 Å². The van der Waals surface area contributed by atoms with E-state index in [0.29, 0.717) is 24.5 Å². The van der Waals surface area contributed by atoms with E-state index >= 15 is 0 Å². The van der Waals surface area contributed by atoms with Crippen LogP contribution in [0, 0.1) is 0 Å². The number of amides is 2. The lowest BCUT2D eigenvalue weighted by Crippen LogP contribution is -2.39. The summed E-state index contributed by atoms with van der Waals surface area (Å²) >= 11 is 0. The molecule has 0 aliphatic heterocycles. The Balaban J connectivity index is 1.78. The Bertz CT molecular complexity index is 821. The van der Waals surface area contributed by atoms with Crippen LogP contribution in [0.15, 0.2) is 54.6 Å². The normalized spacial score (nSPS) is 11.3. The number of hydrogen-bond acceptors (Lipinski definition) is 5. The zero-order valence-electron chi connectivity index (χ0n) is 16.9. The van der Waals surface area contributed by atoms with E-state index in [2.05, 4.69) is 5.32 Å². The Morgan fingerprint density at radius 1 is 1.03 bits per heavy atom. The third kappa shape index (κ3) is 6.95. The van der Waals surface area contributed by atoms with Crippen molar-refractivity contribution in [3.8, 4) is 5.75 Å². The van der Waals surface area contributed by atoms with E-state index in [1.807, 2.05) is 37.3 Å². The number of nitrogens with zero attached hydrogens (tertiary/aromatic N) is 1. The minimum Gasteiger partial charge on any atom is -0.494 e. The lowest BCUT2D eigenvalue weighted by atomic mass is 10.2. The number of nitrogens with one attached hydrogen (secondary N) is 1. The van der Waals surface area contributed by atoms with E-state index in [-0.39, 0.29) is 12.5 Å². The van der Waals surface area contributed by atoms with E-state index in [1.165, 1.54) is 11.8 Å². The molecule has 0 unspecified atom stereocenters. The Morgan fingerprint density at radius 3 is 2.31 bits per heavy atom. The summed E-state index contributed by atoms with van der Waals surface area (Å²) in [5.41, 5.74) is 1.37. The zero-order chi connectivity index (χ0) is 21.2. The predicted molar refractivity (Wildman–Crippen MR) is 108 cm³/mol. The van der Waals surface area contributed by atoms with Crippen molar-refractivity contribution < 1.29 is 23.9 Å². The fourth-order valence-corrected chi connectivity index (χ4v) is 2.66. The topological polar surface area (TPSA) is 84.9 Å². The maximum atomic E-state index is 12.4. The molecular weight excluding hydrogens is 372 g/mol. The number of esters is 1. The highest BCUT2D eigenvalue weighted by atomic mass is 16.5. The van der Waals surface area contributed by atoms with Gasteiger partial charge in [0.25, 0.3) is 11.8 Å². The molecule has 2 aromatic rings. The molecule has 1 N–H and O–H groups in total. The lowest BCUT2D eigenvalue weighted by molar-refractivity contribution is -0.157. The maximum Gasteiger partial charge on any atom is 0.326 e. The molecule has 0 spiro atoms. The molecule has 0 radical (unpaired) electrons. The molecule has 7 nitrogen and oxygen atoms in total. The second kappa shape index (κ2) is 10.8. The van der Waals surface area contributed by atoms with Crippen LogP contribution in [0.3, 0.4) is 0 Å². The van der Waals surface area contributed by atoms with Gasteiger partial charge in [-0.2, -0.15) is 0 Å². The fourth-order valence-electron chi connectivity index (χ4n) is 2.66. The van der Waals surface area contributed by atoms with Gasteiger partial charge in [0.05, 0.1) is 6.61 Å². The highest BCUT2D eigenvalue weighted by Gasteiger charge is 2.22. The maximum absolute atomic E-state index is 12.4. The molecule has 2 amide bonds. The molecule has 0 fully saturated rings. The summed E-state index contributed by atoms with van der Waals surface area (Å²) in [7, 11) is 1.65. The van der Waals surface area contributed by atoms with Crippen molar-refractivity contribution in [1.82, 2.24) is 10.2 Å². The average Bonchev–Trinajstić information content (AvgIpc) is 2.73. The molecule has 0 saturated carbocycles. The van der Waals surface area contributed by atoms with Crippen LogP contribution in [0.2, 0.25) is 0 Å². The first-order chi connectivity index (χ1) is 13.9. The van der Waals surface area contributed by atoms with Crippen LogP contribution in [0.25, 0.3) is 0 Å². The predicted octanol–water partition coefficient (Wildman–Crippen LogP) is 2.41. The molecule has 7 heteroatoms. The van der Waals surface area contributed by atoms with Gasteiger partial charge in [-0.25, -0.2) is 0 Å². The highest BCUT2D eigenvalue weighted by molar-refractivity contribution is 5.96. The van der Waals surface area contributed by atoms with Crippen molar-refractivity contribution in [2.45, 2.75) is 26.5 Å². The van der Waals surface area contributed by atoms with Crippen LogP contribution in [-0.4, -0.2) is 49.0 Å². The summed E-state index contributed by atoms with van der Waals surface area (Å²) in [6, 6.07) is 16.1. The van der Waals surface area contributed by atoms with Crippen LogP contribution < -0.4 is 10.1 Å². The molecule has 2 rings (SSSR count). The van der Waals surface area contributed by atoms with E-state index < -0.39 is 18.0 Å². The Hall–Kier alpha value is -3.35. The second-order valence-electron chi connectivity index (χ2n) is 6.45. The van der Waals surface area contributed by atoms with Gasteiger partial charge in [0, 0.05) is 19.2 Å². The number of rotatable bonds is 9. The van der Waals surface area contributed by atoms with Crippen molar-refractivity contribution in [3.63, 3.8) is 0 Å². The standard InChI is InChI=1S/C22H26N2O5/c1-4-28-19-12-10-18(11-13-19)21(26)23-14-20(25)29-16(2)22(27)24(3)15-17-8-6-5-7-9-17/h5-13,16H,4,14-15H2,1-3H3,(H,23,26)/t16-/m1/s1. The number of carbonyl (C=O) groups excluding carboxylic acids is 3. The number of carbonyl (C=O) groups is 3. The molecule has 29 heavy (non-hydrogen) atoms. The average molecular weight is 398 g/mol. The van der Waals surface area contributed by atoms with Gasteiger partial charge in [-0.05, 0) is 43.7 Å². The molecule has 1 atom stereocenters. The molecule has 154 valence electrons. The van der Waals surface area contributed by atoms with Crippen molar-refractivity contribution in [1.29, 1.82) is 0 Å². The summed E-state index contributed by atoms with van der Waals surface area (Å²) in [6.45, 7) is 4.00. The first kappa shape index (κ1) is 21.9. The van der Waals surface area contributed by atoms with Gasteiger partial charge in [0.1, 0.15) is 12.3 Å². The van der Waals surface area contributed by atoms with Gasteiger partial charge in [-0.15, -0.1) is 0 Å². The van der Waals surface area contributed by atoms with Crippen LogP contribution >= 0.6 is 0 Å². The first-order valence-electron chi connectivity index (χ1n) is 9.40. The van der Waals surface area contributed by atoms with E-state index in [9.17, 15) is 14.4 Å². The van der Waals surface area contributed by atoms with E-state index in [4.69, 9.17) is 9.47 Å². The smallest absolute Gasteiger partial charge is 0.326 e. The first-order valence-corrected chi connectivity index (χ1v) is 9.40. The molecule has 0 aliphatic carbocycles. The minimum atomic E-state index is -0.946. The lowest BCUT2D eigenvalue weighted by Gasteiger charge is -2.21. The molecule has 0 aromatic heterocycles. The largest absolute Gasteiger partial charge is 0.494 e. The fraction of sp³-hybridized carbons (Fsp3) is 0.318. The van der Waals surface area contributed by atoms with Gasteiger partial charge < -0.3 is 19.7 Å². The van der Waals surface area contributed by atoms with E-state index in [0.717, 1.165) is 5.56 Å². The summed E-state index contributed by atoms with van der Waals surface area (Å²) in [5.74, 6) is -0.751. The quantitative estimate of drug-likeness (QED) is 0.656. The molecule has 0 heterocycles. The van der Waals surface area contributed by atoms with Crippen LogP contribution in [-0.2, 0) is 20.9 Å². The van der Waals surface area contributed by atoms with Crippen LogP contribution in [0.4, 0.5) is 0 Å². The molecule has 0 aliphatic rings. The van der Waals surface area contributed by atoms with Gasteiger partial charge in [-0.1, -0.05) is 30.3 Å². The van der Waals surface area contributed by atoms with Crippen molar-refractivity contribution in [3.05, 3.63) is 65.7 Å². The third-order valence-corrected chi connectivity index (χ3v) is 4.12. The monoisotopic (exact) mass is 398 g/mol. The highest BCUT2D eigenvalue weighted by Crippen LogP contribution is 2.12. The van der Waals surface area contributed by atoms with Crippen molar-refractivity contribution in [2.75, 3.05) is 20.2 Å². The number of hydrogen-bond donors (Lipinski definition) is 1. The van der Waals surface area contributed by atoms with Crippen LogP contribution in [0.5, 0.6) is 5.75 Å².